The van der Waals surface area contributed by atoms with E-state index in [-0.39, 0.29) is 29.8 Å². The van der Waals surface area contributed by atoms with Gasteiger partial charge < -0.3 is 10.6 Å². The summed E-state index contributed by atoms with van der Waals surface area (Å²) in [4.78, 5) is 23.9. The molecule has 1 aromatic heterocycles. The molecule has 0 saturated carbocycles. The van der Waals surface area contributed by atoms with Gasteiger partial charge in [0.1, 0.15) is 11.6 Å². The summed E-state index contributed by atoms with van der Waals surface area (Å²) in [5, 5.41) is 13.3. The van der Waals surface area contributed by atoms with Gasteiger partial charge in [0.2, 0.25) is 16.9 Å². The van der Waals surface area contributed by atoms with Crippen LogP contribution < -0.4 is 10.6 Å². The van der Waals surface area contributed by atoms with Gasteiger partial charge in [-0.05, 0) is 35.9 Å². The lowest BCUT2D eigenvalue weighted by atomic mass is 10.1. The Kier molecular flexibility index (Phi) is 6.66. The topological polar surface area (TPSA) is 84.0 Å². The molecule has 3 aromatic rings. The molecule has 1 heterocycles. The number of hydrogen-bond donors (Lipinski definition) is 2. The zero-order valence-corrected chi connectivity index (χ0v) is 15.9. The quantitative estimate of drug-likeness (QED) is 0.450. The molecule has 0 bridgehead atoms. The van der Waals surface area contributed by atoms with Crippen molar-refractivity contribution in [3.63, 3.8) is 0 Å². The van der Waals surface area contributed by atoms with Crippen molar-refractivity contribution >= 4 is 45.7 Å². The fourth-order valence-electron chi connectivity index (χ4n) is 2.16. The molecule has 0 atom stereocenters. The second-order valence-corrected chi connectivity index (χ2v) is 7.77. The van der Waals surface area contributed by atoms with Crippen molar-refractivity contribution in [2.75, 3.05) is 16.4 Å². The summed E-state index contributed by atoms with van der Waals surface area (Å²) in [6, 6.07) is 11.3. The molecule has 0 unspecified atom stereocenters. The summed E-state index contributed by atoms with van der Waals surface area (Å²) in [5.74, 6) is -1.35. The van der Waals surface area contributed by atoms with Crippen molar-refractivity contribution in [3.05, 3.63) is 65.7 Å². The van der Waals surface area contributed by atoms with Gasteiger partial charge in [-0.2, -0.15) is 0 Å². The highest BCUT2D eigenvalue weighted by molar-refractivity contribution is 8.01. The molecule has 10 heteroatoms. The first-order chi connectivity index (χ1) is 13.5. The minimum atomic E-state index is -0.435. The SMILES string of the molecule is O=C(CSc1nnc(NC(=O)Cc2ccc(F)cc2)s1)Nc1cccc(F)c1. The van der Waals surface area contributed by atoms with Gasteiger partial charge in [0, 0.05) is 5.69 Å². The standard InChI is InChI=1S/C18H14F2N4O2S2/c19-12-6-4-11(5-7-12)8-15(25)22-17-23-24-18(28-17)27-10-16(26)21-14-3-1-2-13(20)9-14/h1-7,9H,8,10H2,(H,21,26)(H,22,23,25). The lowest BCUT2D eigenvalue weighted by Gasteiger charge is -2.03. The Morgan fingerprint density at radius 3 is 2.50 bits per heavy atom. The Morgan fingerprint density at radius 1 is 0.964 bits per heavy atom. The van der Waals surface area contributed by atoms with Gasteiger partial charge in [0.25, 0.3) is 0 Å². The maximum atomic E-state index is 13.1. The average molecular weight is 420 g/mol. The van der Waals surface area contributed by atoms with Gasteiger partial charge in [0.05, 0.1) is 12.2 Å². The fraction of sp³-hybridized carbons (Fsp3) is 0.111. The van der Waals surface area contributed by atoms with Gasteiger partial charge in [-0.3, -0.25) is 9.59 Å². The van der Waals surface area contributed by atoms with Crippen LogP contribution in [0, 0.1) is 11.6 Å². The van der Waals surface area contributed by atoms with Crippen LogP contribution in [0.15, 0.2) is 52.9 Å². The molecule has 0 aliphatic rings. The predicted octanol–water partition coefficient (Wildman–Crippen LogP) is 3.73. The van der Waals surface area contributed by atoms with E-state index in [2.05, 4.69) is 20.8 Å². The summed E-state index contributed by atoms with van der Waals surface area (Å²) in [6.45, 7) is 0. The normalized spacial score (nSPS) is 10.5. The average Bonchev–Trinajstić information content (AvgIpc) is 3.09. The molecule has 0 spiro atoms. The largest absolute Gasteiger partial charge is 0.325 e. The molecule has 0 aliphatic heterocycles. The second kappa shape index (κ2) is 9.38. The summed E-state index contributed by atoms with van der Waals surface area (Å²) in [7, 11) is 0. The minimum absolute atomic E-state index is 0.0642. The van der Waals surface area contributed by atoms with Crippen LogP contribution in [0.1, 0.15) is 5.56 Å². The molecule has 6 nitrogen and oxygen atoms in total. The van der Waals surface area contributed by atoms with Crippen LogP contribution in [-0.4, -0.2) is 27.8 Å². The Balaban J connectivity index is 1.46. The van der Waals surface area contributed by atoms with Crippen LogP contribution in [0.25, 0.3) is 0 Å². The Hall–Kier alpha value is -2.85. The molecule has 2 amide bonds. The number of rotatable bonds is 7. The highest BCUT2D eigenvalue weighted by atomic mass is 32.2. The van der Waals surface area contributed by atoms with E-state index in [9.17, 15) is 18.4 Å². The van der Waals surface area contributed by atoms with Gasteiger partial charge in [0.15, 0.2) is 4.34 Å². The Morgan fingerprint density at radius 2 is 1.75 bits per heavy atom. The zero-order valence-electron chi connectivity index (χ0n) is 14.3. The monoisotopic (exact) mass is 420 g/mol. The smallest absolute Gasteiger partial charge is 0.234 e. The number of thioether (sulfide) groups is 1. The van der Waals surface area contributed by atoms with E-state index in [0.717, 1.165) is 23.1 Å². The van der Waals surface area contributed by atoms with Crippen LogP contribution in [-0.2, 0) is 16.0 Å². The van der Waals surface area contributed by atoms with Crippen molar-refractivity contribution in [1.29, 1.82) is 0 Å². The molecule has 144 valence electrons. The minimum Gasteiger partial charge on any atom is -0.325 e. The van der Waals surface area contributed by atoms with E-state index in [0.29, 0.717) is 20.7 Å². The molecule has 0 aliphatic carbocycles. The van der Waals surface area contributed by atoms with Gasteiger partial charge in [-0.1, -0.05) is 41.3 Å². The first-order valence-electron chi connectivity index (χ1n) is 8.04. The van der Waals surface area contributed by atoms with Gasteiger partial charge >= 0.3 is 0 Å². The van der Waals surface area contributed by atoms with Crippen LogP contribution >= 0.6 is 23.1 Å². The summed E-state index contributed by atoms with van der Waals surface area (Å²) in [6.07, 6.45) is 0.0817. The number of nitrogens with one attached hydrogen (secondary N) is 2. The number of amides is 2. The maximum Gasteiger partial charge on any atom is 0.234 e. The molecule has 0 saturated heterocycles. The van der Waals surface area contributed by atoms with Gasteiger partial charge in [-0.25, -0.2) is 8.78 Å². The number of anilines is 2. The molecule has 0 radical (unpaired) electrons. The van der Waals surface area contributed by atoms with Crippen molar-refractivity contribution < 1.29 is 18.4 Å². The number of aromatic nitrogens is 2. The number of halogens is 2. The Bertz CT molecular complexity index is 980. The van der Waals surface area contributed by atoms with E-state index >= 15 is 0 Å². The fourth-order valence-corrected chi connectivity index (χ4v) is 3.73. The molecule has 28 heavy (non-hydrogen) atoms. The van der Waals surface area contributed by atoms with E-state index < -0.39 is 5.82 Å². The maximum absolute atomic E-state index is 13.1. The predicted molar refractivity (Wildman–Crippen MR) is 104 cm³/mol. The second-order valence-electron chi connectivity index (χ2n) is 5.57. The lowest BCUT2D eigenvalue weighted by molar-refractivity contribution is -0.115. The van der Waals surface area contributed by atoms with E-state index in [1.807, 2.05) is 0 Å². The van der Waals surface area contributed by atoms with Crippen LogP contribution in [0.4, 0.5) is 19.6 Å². The summed E-state index contributed by atoms with van der Waals surface area (Å²) < 4.78 is 26.5. The van der Waals surface area contributed by atoms with E-state index in [1.54, 1.807) is 6.07 Å². The summed E-state index contributed by atoms with van der Waals surface area (Å²) >= 11 is 2.29. The number of benzene rings is 2. The molecule has 0 fully saturated rings. The third-order valence-electron chi connectivity index (χ3n) is 3.37. The van der Waals surface area contributed by atoms with E-state index in [4.69, 9.17) is 0 Å². The number of hydrogen-bond acceptors (Lipinski definition) is 6. The van der Waals surface area contributed by atoms with Crippen LogP contribution in [0.2, 0.25) is 0 Å². The zero-order chi connectivity index (χ0) is 19.9. The molecular formula is C18H14F2N4O2S2. The molecule has 3 rings (SSSR count). The van der Waals surface area contributed by atoms with Crippen molar-refractivity contribution in [3.8, 4) is 0 Å². The van der Waals surface area contributed by atoms with Crippen LogP contribution in [0.3, 0.4) is 0 Å². The van der Waals surface area contributed by atoms with Crippen molar-refractivity contribution in [1.82, 2.24) is 10.2 Å². The van der Waals surface area contributed by atoms with Crippen molar-refractivity contribution in [2.24, 2.45) is 0 Å². The van der Waals surface area contributed by atoms with E-state index in [1.165, 1.54) is 42.5 Å². The van der Waals surface area contributed by atoms with Crippen LogP contribution in [0.5, 0.6) is 0 Å². The third-order valence-corrected chi connectivity index (χ3v) is 5.34. The van der Waals surface area contributed by atoms with Gasteiger partial charge in [-0.15, -0.1) is 10.2 Å². The first kappa shape index (κ1) is 19.9. The molecule has 2 aromatic carbocycles. The lowest BCUT2D eigenvalue weighted by Crippen LogP contribution is -2.14. The Labute approximate surface area is 167 Å². The first-order valence-corrected chi connectivity index (χ1v) is 9.84. The number of carbonyl (C=O) groups excluding carboxylic acids is 2. The third kappa shape index (κ3) is 6.10. The highest BCUT2D eigenvalue weighted by Crippen LogP contribution is 2.25. The highest BCUT2D eigenvalue weighted by Gasteiger charge is 2.11. The number of carbonyl (C=O) groups is 2. The van der Waals surface area contributed by atoms with Crippen molar-refractivity contribution in [2.45, 2.75) is 10.8 Å². The molecular weight excluding hydrogens is 406 g/mol. The number of nitrogens with zero attached hydrogens (tertiary/aromatic N) is 2. The molecule has 2 N–H and O–H groups in total. The summed E-state index contributed by atoms with van der Waals surface area (Å²) in [5.41, 5.74) is 1.05.